The summed E-state index contributed by atoms with van der Waals surface area (Å²) in [4.78, 5) is 27.8. The first-order valence-corrected chi connectivity index (χ1v) is 7.56. The molecule has 2 amide bonds. The molecule has 3 rings (SSSR count). The molecule has 0 saturated heterocycles. The van der Waals surface area contributed by atoms with Crippen LogP contribution in [0.2, 0.25) is 0 Å². The van der Waals surface area contributed by atoms with E-state index in [2.05, 4.69) is 10.2 Å². The van der Waals surface area contributed by atoms with Crippen LogP contribution in [0.5, 0.6) is 0 Å². The average molecular weight is 309 g/mol. The zero-order valence-electron chi connectivity index (χ0n) is 13.2. The summed E-state index contributed by atoms with van der Waals surface area (Å²) in [5, 5.41) is 2.70. The summed E-state index contributed by atoms with van der Waals surface area (Å²) < 4.78 is 0. The van der Waals surface area contributed by atoms with Gasteiger partial charge in [-0.2, -0.15) is 0 Å². The molecular weight excluding hydrogens is 290 g/mol. The van der Waals surface area contributed by atoms with Gasteiger partial charge in [0, 0.05) is 38.3 Å². The summed E-state index contributed by atoms with van der Waals surface area (Å²) in [7, 11) is 2.03. The second-order valence-electron chi connectivity index (χ2n) is 5.63. The van der Waals surface area contributed by atoms with E-state index in [1.165, 1.54) is 6.92 Å². The lowest BCUT2D eigenvalue weighted by molar-refractivity contribution is -0.114. The number of nitrogens with one attached hydrogen (secondary N) is 1. The van der Waals surface area contributed by atoms with Crippen molar-refractivity contribution in [3.63, 3.8) is 0 Å². The van der Waals surface area contributed by atoms with Gasteiger partial charge < -0.3 is 15.1 Å². The second kappa shape index (κ2) is 6.12. The summed E-state index contributed by atoms with van der Waals surface area (Å²) in [5.74, 6) is -0.156. The molecule has 1 aliphatic heterocycles. The van der Waals surface area contributed by atoms with Crippen LogP contribution >= 0.6 is 0 Å². The number of hydrogen-bond acceptors (Lipinski definition) is 3. The number of fused-ring (bicyclic) bond motifs is 1. The van der Waals surface area contributed by atoms with Gasteiger partial charge in [-0.25, -0.2) is 0 Å². The van der Waals surface area contributed by atoms with Gasteiger partial charge in [0.25, 0.3) is 5.91 Å². The minimum absolute atomic E-state index is 0.0278. The molecule has 1 aliphatic rings. The van der Waals surface area contributed by atoms with Gasteiger partial charge in [-0.3, -0.25) is 9.59 Å². The van der Waals surface area contributed by atoms with Crippen molar-refractivity contribution < 1.29 is 9.59 Å². The van der Waals surface area contributed by atoms with Crippen molar-refractivity contribution in [3.05, 3.63) is 54.1 Å². The van der Waals surface area contributed by atoms with Crippen LogP contribution in [0.4, 0.5) is 17.1 Å². The highest BCUT2D eigenvalue weighted by Gasteiger charge is 2.25. The molecule has 1 N–H and O–H groups in total. The number of carbonyl (C=O) groups is 2. The Hall–Kier alpha value is -2.82. The van der Waals surface area contributed by atoms with E-state index >= 15 is 0 Å². The minimum atomic E-state index is -0.128. The minimum Gasteiger partial charge on any atom is -0.371 e. The Balaban J connectivity index is 1.86. The maximum absolute atomic E-state index is 12.8. The van der Waals surface area contributed by atoms with Gasteiger partial charge in [-0.05, 0) is 36.4 Å². The number of rotatable bonds is 2. The number of likely N-dealkylation sites (N-methyl/N-ethyl adjacent to an activating group) is 1. The predicted molar refractivity (Wildman–Crippen MR) is 92.1 cm³/mol. The van der Waals surface area contributed by atoms with E-state index in [4.69, 9.17) is 0 Å². The fourth-order valence-electron chi connectivity index (χ4n) is 2.77. The zero-order valence-corrected chi connectivity index (χ0v) is 13.2. The Bertz CT molecular complexity index is 740. The third-order valence-electron chi connectivity index (χ3n) is 3.94. The molecule has 23 heavy (non-hydrogen) atoms. The summed E-state index contributed by atoms with van der Waals surface area (Å²) in [6.07, 6.45) is 0. The first-order valence-electron chi connectivity index (χ1n) is 7.56. The van der Waals surface area contributed by atoms with Gasteiger partial charge in [0.05, 0.1) is 11.4 Å². The maximum Gasteiger partial charge on any atom is 0.258 e. The third kappa shape index (κ3) is 3.04. The molecule has 0 aromatic heterocycles. The molecule has 2 aromatic rings. The molecule has 0 fully saturated rings. The molecule has 1 heterocycles. The van der Waals surface area contributed by atoms with E-state index in [0.717, 1.165) is 17.9 Å². The van der Waals surface area contributed by atoms with Crippen molar-refractivity contribution in [1.82, 2.24) is 0 Å². The lowest BCUT2D eigenvalue weighted by Crippen LogP contribution is -2.42. The van der Waals surface area contributed by atoms with Crippen molar-refractivity contribution in [2.24, 2.45) is 0 Å². The molecule has 0 radical (unpaired) electrons. The Morgan fingerprint density at radius 1 is 0.957 bits per heavy atom. The highest BCUT2D eigenvalue weighted by atomic mass is 16.2. The van der Waals surface area contributed by atoms with Crippen LogP contribution in [-0.2, 0) is 4.79 Å². The summed E-state index contributed by atoms with van der Waals surface area (Å²) >= 11 is 0. The van der Waals surface area contributed by atoms with E-state index in [1.807, 2.05) is 36.2 Å². The average Bonchev–Trinajstić information content (AvgIpc) is 2.55. The molecule has 0 spiro atoms. The molecule has 2 aromatic carbocycles. The number of nitrogens with zero attached hydrogens (tertiary/aromatic N) is 2. The Morgan fingerprint density at radius 3 is 2.26 bits per heavy atom. The largest absolute Gasteiger partial charge is 0.371 e. The Kier molecular flexibility index (Phi) is 4.02. The molecule has 0 atom stereocenters. The van der Waals surface area contributed by atoms with Gasteiger partial charge in [0.15, 0.2) is 0 Å². The second-order valence-corrected chi connectivity index (χ2v) is 5.63. The summed E-state index contributed by atoms with van der Waals surface area (Å²) in [6, 6.07) is 14.9. The van der Waals surface area contributed by atoms with E-state index in [9.17, 15) is 9.59 Å². The van der Waals surface area contributed by atoms with Crippen LogP contribution in [-0.4, -0.2) is 32.0 Å². The van der Waals surface area contributed by atoms with Crippen LogP contribution in [0.25, 0.3) is 0 Å². The van der Waals surface area contributed by atoms with Gasteiger partial charge in [0.2, 0.25) is 5.91 Å². The summed E-state index contributed by atoms with van der Waals surface area (Å²) in [5.41, 5.74) is 3.28. The Labute approximate surface area is 135 Å². The molecule has 0 aliphatic carbocycles. The van der Waals surface area contributed by atoms with Crippen LogP contribution < -0.4 is 15.1 Å². The zero-order chi connectivity index (χ0) is 16.4. The number of benzene rings is 2. The molecule has 0 bridgehead atoms. The first-order chi connectivity index (χ1) is 11.1. The quantitative estimate of drug-likeness (QED) is 0.928. The number of hydrogen-bond donors (Lipinski definition) is 1. The van der Waals surface area contributed by atoms with Crippen LogP contribution in [0.15, 0.2) is 48.5 Å². The molecule has 0 saturated carbocycles. The first kappa shape index (κ1) is 15.1. The molecular formula is C18H19N3O2. The molecule has 5 nitrogen and oxygen atoms in total. The van der Waals surface area contributed by atoms with E-state index in [-0.39, 0.29) is 11.8 Å². The van der Waals surface area contributed by atoms with Crippen LogP contribution in [0.1, 0.15) is 17.3 Å². The topological polar surface area (TPSA) is 52.7 Å². The number of amides is 2. The highest BCUT2D eigenvalue weighted by molar-refractivity contribution is 6.08. The summed E-state index contributed by atoms with van der Waals surface area (Å²) in [6.45, 7) is 2.91. The van der Waals surface area contributed by atoms with Gasteiger partial charge >= 0.3 is 0 Å². The molecule has 5 heteroatoms. The lowest BCUT2D eigenvalue weighted by Gasteiger charge is -2.35. The molecule has 0 unspecified atom stereocenters. The van der Waals surface area contributed by atoms with E-state index < -0.39 is 0 Å². The van der Waals surface area contributed by atoms with Gasteiger partial charge in [0.1, 0.15) is 0 Å². The van der Waals surface area contributed by atoms with E-state index in [1.54, 1.807) is 24.3 Å². The number of anilines is 3. The lowest BCUT2D eigenvalue weighted by atomic mass is 10.1. The van der Waals surface area contributed by atoms with Crippen molar-refractivity contribution >= 4 is 28.9 Å². The smallest absolute Gasteiger partial charge is 0.258 e. The van der Waals surface area contributed by atoms with Gasteiger partial charge in [-0.15, -0.1) is 0 Å². The fourth-order valence-corrected chi connectivity index (χ4v) is 2.77. The van der Waals surface area contributed by atoms with E-state index in [0.29, 0.717) is 17.8 Å². The maximum atomic E-state index is 12.8. The van der Waals surface area contributed by atoms with Crippen molar-refractivity contribution in [3.8, 4) is 0 Å². The fraction of sp³-hybridized carbons (Fsp3) is 0.222. The normalized spacial score (nSPS) is 13.5. The SMILES string of the molecule is CC(=O)Nc1ccc(C(=O)N2CCN(C)c3ccccc32)cc1. The van der Waals surface area contributed by atoms with Gasteiger partial charge in [-0.1, -0.05) is 12.1 Å². The van der Waals surface area contributed by atoms with Crippen molar-refractivity contribution in [2.45, 2.75) is 6.92 Å². The standard InChI is InChI=1S/C18H19N3O2/c1-13(22)19-15-9-7-14(8-10-15)18(23)21-12-11-20(2)16-5-3-4-6-17(16)21/h3-10H,11-12H2,1-2H3,(H,19,22). The number of carbonyl (C=O) groups excluding carboxylic acids is 2. The third-order valence-corrected chi connectivity index (χ3v) is 3.94. The van der Waals surface area contributed by atoms with Crippen molar-refractivity contribution in [2.75, 3.05) is 35.3 Å². The highest BCUT2D eigenvalue weighted by Crippen LogP contribution is 2.32. The predicted octanol–water partition coefficient (Wildman–Crippen LogP) is 2.74. The van der Waals surface area contributed by atoms with Crippen molar-refractivity contribution in [1.29, 1.82) is 0 Å². The van der Waals surface area contributed by atoms with Crippen LogP contribution in [0.3, 0.4) is 0 Å². The number of para-hydroxylation sites is 2. The monoisotopic (exact) mass is 309 g/mol. The Morgan fingerprint density at radius 2 is 1.61 bits per heavy atom. The van der Waals surface area contributed by atoms with Crippen LogP contribution in [0, 0.1) is 0 Å². The molecule has 118 valence electrons.